The first-order chi connectivity index (χ1) is 11.5. The number of fused-ring (bicyclic) bond motifs is 1. The third kappa shape index (κ3) is 3.51. The second-order valence-corrected chi connectivity index (χ2v) is 5.93. The number of nitro benzene ring substituents is 1. The summed E-state index contributed by atoms with van der Waals surface area (Å²) in [6.45, 7) is 3.16. The Morgan fingerprint density at radius 2 is 2.00 bits per heavy atom. The van der Waals surface area contributed by atoms with Crippen LogP contribution in [0.15, 0.2) is 48.5 Å². The minimum absolute atomic E-state index is 0.0295. The summed E-state index contributed by atoms with van der Waals surface area (Å²) in [6, 6.07) is 13.1. The van der Waals surface area contributed by atoms with Crippen LogP contribution in [0.4, 0.5) is 11.4 Å². The van der Waals surface area contributed by atoms with Gasteiger partial charge in [-0.25, -0.2) is 0 Å². The molecule has 0 amide bonds. The molecule has 0 saturated heterocycles. The molecule has 3 rings (SSSR count). The number of ketones is 1. The zero-order valence-corrected chi connectivity index (χ0v) is 13.4. The molecule has 0 aliphatic carbocycles. The molecule has 0 saturated carbocycles. The molecular formula is C19H18N2O3. The van der Waals surface area contributed by atoms with E-state index in [0.717, 1.165) is 36.3 Å². The van der Waals surface area contributed by atoms with Gasteiger partial charge in [0.2, 0.25) is 0 Å². The van der Waals surface area contributed by atoms with Gasteiger partial charge in [-0.05, 0) is 42.2 Å². The van der Waals surface area contributed by atoms with Crippen LogP contribution in [-0.2, 0) is 17.8 Å². The van der Waals surface area contributed by atoms with Crippen molar-refractivity contribution in [1.82, 2.24) is 0 Å². The van der Waals surface area contributed by atoms with E-state index >= 15 is 0 Å². The molecule has 0 fully saturated rings. The molecule has 122 valence electrons. The molecule has 0 atom stereocenters. The summed E-state index contributed by atoms with van der Waals surface area (Å²) >= 11 is 0. The highest BCUT2D eigenvalue weighted by Gasteiger charge is 2.21. The summed E-state index contributed by atoms with van der Waals surface area (Å²) in [5.41, 5.74) is 4.41. The van der Waals surface area contributed by atoms with Gasteiger partial charge in [0.05, 0.1) is 4.92 Å². The maximum absolute atomic E-state index is 11.0. The number of rotatable bonds is 5. The van der Waals surface area contributed by atoms with E-state index in [4.69, 9.17) is 0 Å². The van der Waals surface area contributed by atoms with Gasteiger partial charge in [-0.15, -0.1) is 0 Å². The molecule has 24 heavy (non-hydrogen) atoms. The van der Waals surface area contributed by atoms with Crippen LogP contribution in [0.5, 0.6) is 0 Å². The maximum Gasteiger partial charge on any atom is 0.269 e. The number of non-ortho nitro benzene ring substituents is 1. The highest BCUT2D eigenvalue weighted by molar-refractivity contribution is 5.91. The summed E-state index contributed by atoms with van der Waals surface area (Å²) in [5, 5.41) is 10.9. The second-order valence-electron chi connectivity index (χ2n) is 5.93. The topological polar surface area (TPSA) is 63.5 Å². The molecule has 0 bridgehead atoms. The number of nitro groups is 1. The van der Waals surface area contributed by atoms with Crippen molar-refractivity contribution in [3.05, 3.63) is 75.3 Å². The molecule has 0 radical (unpaired) electrons. The van der Waals surface area contributed by atoms with E-state index in [2.05, 4.69) is 4.90 Å². The first kappa shape index (κ1) is 15.9. The Kier molecular flexibility index (Phi) is 4.42. The predicted octanol–water partition coefficient (Wildman–Crippen LogP) is 3.76. The largest absolute Gasteiger partial charge is 0.367 e. The van der Waals surface area contributed by atoms with Crippen LogP contribution < -0.4 is 4.90 Å². The third-order valence-corrected chi connectivity index (χ3v) is 4.13. The van der Waals surface area contributed by atoms with Gasteiger partial charge in [-0.1, -0.05) is 30.3 Å². The van der Waals surface area contributed by atoms with E-state index < -0.39 is 0 Å². The van der Waals surface area contributed by atoms with E-state index in [-0.39, 0.29) is 16.4 Å². The summed E-state index contributed by atoms with van der Waals surface area (Å²) < 4.78 is 0. The number of hydrogen-bond acceptors (Lipinski definition) is 4. The molecule has 2 aromatic rings. The van der Waals surface area contributed by atoms with Crippen LogP contribution in [0, 0.1) is 10.1 Å². The van der Waals surface area contributed by atoms with Crippen molar-refractivity contribution in [2.24, 2.45) is 0 Å². The highest BCUT2D eigenvalue weighted by Crippen LogP contribution is 2.32. The molecule has 0 spiro atoms. The summed E-state index contributed by atoms with van der Waals surface area (Å²) in [4.78, 5) is 23.7. The van der Waals surface area contributed by atoms with Crippen LogP contribution in [0.25, 0.3) is 6.08 Å². The van der Waals surface area contributed by atoms with Gasteiger partial charge in [0, 0.05) is 30.9 Å². The smallest absolute Gasteiger partial charge is 0.269 e. The Morgan fingerprint density at radius 1 is 1.25 bits per heavy atom. The number of benzene rings is 2. The van der Waals surface area contributed by atoms with E-state index in [1.807, 2.05) is 30.3 Å². The molecule has 1 aliphatic heterocycles. The average molecular weight is 322 g/mol. The van der Waals surface area contributed by atoms with E-state index in [1.165, 1.54) is 12.5 Å². The quantitative estimate of drug-likeness (QED) is 0.478. The summed E-state index contributed by atoms with van der Waals surface area (Å²) in [7, 11) is 0. The number of anilines is 1. The molecule has 5 heteroatoms. The predicted molar refractivity (Wildman–Crippen MR) is 94.0 cm³/mol. The fourth-order valence-corrected chi connectivity index (χ4v) is 2.90. The molecule has 0 unspecified atom stereocenters. The summed E-state index contributed by atoms with van der Waals surface area (Å²) in [5.74, 6) is 0.0295. The van der Waals surface area contributed by atoms with E-state index in [9.17, 15) is 14.9 Å². The Morgan fingerprint density at radius 3 is 2.67 bits per heavy atom. The van der Waals surface area contributed by atoms with Crippen LogP contribution >= 0.6 is 0 Å². The van der Waals surface area contributed by atoms with Crippen molar-refractivity contribution in [2.45, 2.75) is 19.9 Å². The number of nitrogens with zero attached hydrogens (tertiary/aromatic N) is 2. The lowest BCUT2D eigenvalue weighted by Gasteiger charge is -2.19. The zero-order valence-electron chi connectivity index (χ0n) is 13.4. The summed E-state index contributed by atoms with van der Waals surface area (Å²) in [6.07, 6.45) is 4.19. The van der Waals surface area contributed by atoms with E-state index in [1.54, 1.807) is 24.3 Å². The van der Waals surface area contributed by atoms with Crippen LogP contribution in [0.1, 0.15) is 23.6 Å². The Labute approximate surface area is 140 Å². The van der Waals surface area contributed by atoms with E-state index in [0.29, 0.717) is 0 Å². The SMILES string of the molecule is CC(=O)C=Cc1ccc(CN2CCc3cc([N+](=O)[O-])ccc32)cc1. The monoisotopic (exact) mass is 322 g/mol. The number of hydrogen-bond donors (Lipinski definition) is 0. The Bertz CT molecular complexity index is 810. The second kappa shape index (κ2) is 6.66. The number of allylic oxidation sites excluding steroid dienone is 1. The fraction of sp³-hybridized carbons (Fsp3) is 0.211. The van der Waals surface area contributed by atoms with Crippen molar-refractivity contribution in [3.8, 4) is 0 Å². The van der Waals surface area contributed by atoms with Crippen LogP contribution in [0.2, 0.25) is 0 Å². The fourth-order valence-electron chi connectivity index (χ4n) is 2.90. The number of carbonyl (C=O) groups is 1. The third-order valence-electron chi connectivity index (χ3n) is 4.13. The zero-order chi connectivity index (χ0) is 17.1. The molecule has 1 heterocycles. The Hall–Kier alpha value is -2.95. The number of carbonyl (C=O) groups excluding carboxylic acids is 1. The van der Waals surface area contributed by atoms with Crippen LogP contribution in [0.3, 0.4) is 0 Å². The Balaban J connectivity index is 1.72. The minimum Gasteiger partial charge on any atom is -0.367 e. The van der Waals surface area contributed by atoms with Crippen molar-refractivity contribution in [3.63, 3.8) is 0 Å². The molecule has 5 nitrogen and oxygen atoms in total. The van der Waals surface area contributed by atoms with Gasteiger partial charge < -0.3 is 4.90 Å². The molecular weight excluding hydrogens is 304 g/mol. The lowest BCUT2D eigenvalue weighted by Crippen LogP contribution is -2.19. The normalized spacial score (nSPS) is 13.3. The van der Waals surface area contributed by atoms with Crippen molar-refractivity contribution in [2.75, 3.05) is 11.4 Å². The molecule has 0 N–H and O–H groups in total. The van der Waals surface area contributed by atoms with Crippen molar-refractivity contribution < 1.29 is 9.72 Å². The van der Waals surface area contributed by atoms with Gasteiger partial charge in [0.25, 0.3) is 5.69 Å². The van der Waals surface area contributed by atoms with Crippen molar-refractivity contribution >= 4 is 23.2 Å². The van der Waals surface area contributed by atoms with Gasteiger partial charge in [0.1, 0.15) is 0 Å². The van der Waals surface area contributed by atoms with Crippen LogP contribution in [-0.4, -0.2) is 17.3 Å². The first-order valence-corrected chi connectivity index (χ1v) is 7.83. The maximum atomic E-state index is 11.0. The molecule has 2 aromatic carbocycles. The minimum atomic E-state index is -0.351. The lowest BCUT2D eigenvalue weighted by molar-refractivity contribution is -0.384. The lowest BCUT2D eigenvalue weighted by atomic mass is 10.1. The van der Waals surface area contributed by atoms with Gasteiger partial charge >= 0.3 is 0 Å². The average Bonchev–Trinajstić information content (AvgIpc) is 2.96. The van der Waals surface area contributed by atoms with Gasteiger partial charge in [-0.2, -0.15) is 0 Å². The standard InChI is InChI=1S/C19H18N2O3/c1-14(22)2-3-15-4-6-16(7-5-15)13-20-11-10-17-12-18(21(23)24)8-9-19(17)20/h2-9,12H,10-11,13H2,1H3. The van der Waals surface area contributed by atoms with Gasteiger partial charge in [-0.3, -0.25) is 14.9 Å². The molecule has 1 aliphatic rings. The van der Waals surface area contributed by atoms with Crippen molar-refractivity contribution in [1.29, 1.82) is 0 Å². The molecule has 0 aromatic heterocycles. The first-order valence-electron chi connectivity index (χ1n) is 7.83. The van der Waals surface area contributed by atoms with Gasteiger partial charge in [0.15, 0.2) is 5.78 Å². The highest BCUT2D eigenvalue weighted by atomic mass is 16.6.